The Morgan fingerprint density at radius 1 is 1.23 bits per heavy atom. The van der Waals surface area contributed by atoms with Gasteiger partial charge in [-0.15, -0.1) is 0 Å². The van der Waals surface area contributed by atoms with Crippen molar-refractivity contribution in [1.29, 1.82) is 0 Å². The van der Waals surface area contributed by atoms with Crippen LogP contribution in [0.2, 0.25) is 0 Å². The van der Waals surface area contributed by atoms with Gasteiger partial charge in [0.2, 0.25) is 0 Å². The van der Waals surface area contributed by atoms with E-state index in [1.54, 1.807) is 6.07 Å². The predicted molar refractivity (Wildman–Crippen MR) is 138 cm³/mol. The van der Waals surface area contributed by atoms with Crippen molar-refractivity contribution < 1.29 is 33.7 Å². The number of hydrogen-bond acceptors (Lipinski definition) is 8. The number of methoxy groups -OCH3 is 1. The van der Waals surface area contributed by atoms with Crippen LogP contribution in [0.4, 0.5) is 25.2 Å². The second-order valence-electron chi connectivity index (χ2n) is 10.00. The van der Waals surface area contributed by atoms with Crippen molar-refractivity contribution in [3.8, 4) is 0 Å². The van der Waals surface area contributed by atoms with Crippen LogP contribution in [0, 0.1) is 0 Å². The monoisotopic (exact) mass is 560 g/mol. The van der Waals surface area contributed by atoms with Crippen LogP contribution in [-0.4, -0.2) is 65.1 Å². The van der Waals surface area contributed by atoms with Gasteiger partial charge in [0.05, 0.1) is 31.9 Å². The number of carboxylic acid groups (broad SMARTS) is 1. The Balaban J connectivity index is 1.38. The average Bonchev–Trinajstić information content (AvgIpc) is 3.59. The van der Waals surface area contributed by atoms with Gasteiger partial charge in [0.15, 0.2) is 11.2 Å². The number of nitrogens with zero attached hydrogens (tertiary/aromatic N) is 6. The smallest absolute Gasteiger partial charge is 0.407 e. The highest BCUT2D eigenvalue weighted by Crippen LogP contribution is 2.51. The summed E-state index contributed by atoms with van der Waals surface area (Å²) in [5.41, 5.74) is -2.54. The molecule has 0 bridgehead atoms. The molecule has 4 heterocycles. The lowest BCUT2D eigenvalue weighted by Crippen LogP contribution is -2.58. The Kier molecular flexibility index (Phi) is 4.79. The van der Waals surface area contributed by atoms with Crippen LogP contribution in [0.1, 0.15) is 43.6 Å². The third kappa shape index (κ3) is 4.03. The third-order valence-electron chi connectivity index (χ3n) is 7.43. The molecule has 2 saturated carbocycles. The summed E-state index contributed by atoms with van der Waals surface area (Å²) in [7, 11) is 1.16. The van der Waals surface area contributed by atoms with E-state index in [-0.39, 0.29) is 47.6 Å². The van der Waals surface area contributed by atoms with Crippen molar-refractivity contribution in [3.63, 3.8) is 0 Å². The van der Waals surface area contributed by atoms with Gasteiger partial charge in [-0.05, 0) is 31.4 Å². The first-order valence-corrected chi connectivity index (χ1v) is 12.3. The number of carbonyl (C=O) groups is 2. The molecule has 0 aliphatic heterocycles. The number of alkyl carbamates (subject to hydrolysis) is 1. The summed E-state index contributed by atoms with van der Waals surface area (Å²) in [4.78, 5) is 45.9. The molecule has 2 aliphatic rings. The zero-order chi connectivity index (χ0) is 31.8. The molecule has 0 aromatic carbocycles. The maximum atomic E-state index is 13.8. The number of pyridine rings is 2. The van der Waals surface area contributed by atoms with Gasteiger partial charge in [-0.2, -0.15) is 5.10 Å². The molecule has 2 atom stereocenters. The number of nitrogens with one attached hydrogen (secondary N) is 2. The highest BCUT2D eigenvalue weighted by atomic mass is 19.3. The number of halogens is 2. The molecule has 40 heavy (non-hydrogen) atoms. The molecule has 0 saturated heterocycles. The van der Waals surface area contributed by atoms with E-state index in [1.807, 2.05) is 0 Å². The Bertz CT molecular complexity index is 1880. The lowest BCUT2D eigenvalue weighted by molar-refractivity contribution is -0.189. The van der Waals surface area contributed by atoms with Gasteiger partial charge < -0.3 is 20.5 Å². The van der Waals surface area contributed by atoms with E-state index in [0.717, 1.165) is 11.8 Å². The first-order valence-electron chi connectivity index (χ1n) is 14.3. The lowest BCUT2D eigenvalue weighted by atomic mass is 9.73. The summed E-state index contributed by atoms with van der Waals surface area (Å²) in [6.07, 6.45) is 0.324. The van der Waals surface area contributed by atoms with Crippen LogP contribution >= 0.6 is 0 Å². The van der Waals surface area contributed by atoms with Crippen molar-refractivity contribution in [3.05, 3.63) is 41.1 Å². The highest BCUT2D eigenvalue weighted by molar-refractivity contribution is 5.84. The highest BCUT2D eigenvalue weighted by Gasteiger charge is 2.64. The minimum absolute atomic E-state index is 0.000208. The van der Waals surface area contributed by atoms with E-state index in [0.29, 0.717) is 9.95 Å². The van der Waals surface area contributed by atoms with E-state index in [4.69, 9.17) is 5.48 Å². The number of aryl methyl sites for hydroxylation is 1. The van der Waals surface area contributed by atoms with Crippen LogP contribution in [0.15, 0.2) is 35.4 Å². The Morgan fingerprint density at radius 2 is 2.02 bits per heavy atom. The molecule has 15 heteroatoms. The predicted octanol–water partition coefficient (Wildman–Crippen LogP) is 2.88. The quantitative estimate of drug-likeness (QED) is 0.322. The molecule has 4 aromatic rings. The molecule has 4 aromatic heterocycles. The zero-order valence-electron chi connectivity index (χ0n) is 25.0. The molecule has 0 radical (unpaired) electrons. The third-order valence-corrected chi connectivity index (χ3v) is 7.43. The lowest BCUT2D eigenvalue weighted by Gasteiger charge is -2.43. The Hall–Kier alpha value is -4.56. The summed E-state index contributed by atoms with van der Waals surface area (Å²) in [6.45, 7) is -2.85. The van der Waals surface area contributed by atoms with Gasteiger partial charge in [0.1, 0.15) is 11.6 Å². The zero-order valence-corrected chi connectivity index (χ0v) is 21.0. The van der Waals surface area contributed by atoms with Crippen LogP contribution < -0.4 is 16.3 Å². The largest absolute Gasteiger partial charge is 0.479 e. The number of imidazole rings is 1. The molecule has 6 rings (SSSR count). The minimum atomic E-state index is -3.15. The number of carbonyl (C=O) groups excluding carboxylic acids is 1. The van der Waals surface area contributed by atoms with Crippen molar-refractivity contribution in [2.45, 2.75) is 55.6 Å². The molecular weight excluding hydrogens is 530 g/mol. The number of carboxylic acids is 1. The normalized spacial score (nSPS) is 24.9. The van der Waals surface area contributed by atoms with E-state index >= 15 is 0 Å². The molecule has 13 nitrogen and oxygen atoms in total. The fourth-order valence-electron chi connectivity index (χ4n) is 5.51. The van der Waals surface area contributed by atoms with Crippen molar-refractivity contribution in [2.24, 2.45) is 6.98 Å². The Morgan fingerprint density at radius 3 is 2.73 bits per heavy atom. The van der Waals surface area contributed by atoms with E-state index < -0.39 is 61.1 Å². The molecule has 3 N–H and O–H groups in total. The van der Waals surface area contributed by atoms with Gasteiger partial charge in [-0.3, -0.25) is 9.13 Å². The Labute approximate surface area is 230 Å². The number of fused-ring (bicyclic) bond motifs is 2. The number of ether oxygens (including phenoxy) is 1. The number of anilines is 2. The number of rotatable bonds is 6. The molecular formula is C25H26F2N8O5. The number of hydrogen-bond donors (Lipinski definition) is 3. The summed E-state index contributed by atoms with van der Waals surface area (Å²) >= 11 is 0. The molecule has 0 spiro atoms. The van der Waals surface area contributed by atoms with Crippen LogP contribution in [-0.2, 0) is 22.0 Å². The fourth-order valence-corrected chi connectivity index (χ4v) is 5.51. The average molecular weight is 561 g/mol. The van der Waals surface area contributed by atoms with E-state index in [9.17, 15) is 28.3 Å². The van der Waals surface area contributed by atoms with Gasteiger partial charge in [-0.25, -0.2) is 37.8 Å². The second kappa shape index (κ2) is 8.99. The van der Waals surface area contributed by atoms with Crippen molar-refractivity contribution >= 4 is 45.8 Å². The first-order chi connectivity index (χ1) is 20.6. The number of alkyl halides is 2. The van der Waals surface area contributed by atoms with Gasteiger partial charge in [-0.1, -0.05) is 0 Å². The standard InChI is InChI=1S/C25H26F2N8O5/c1-33-17-10-28-19(8-16(17)34(23(33)39)15-5-4-14(7-15)30-22(38)40-2)31-18-6-3-13-9-29-35(20(13)32-18)24(21(36)37)11-25(26,27)12-24/h3,6,8-10,14-15H,4-5,7,11-12H2,1-2H3,(H,30,38)(H,36,37)(H,28,31,32)/t14-,15-/m1/s1/i1D3,14D. The fraction of sp³-hybridized carbons (Fsp3) is 0.440. The van der Waals surface area contributed by atoms with Gasteiger partial charge in [0.25, 0.3) is 5.92 Å². The minimum Gasteiger partial charge on any atom is -0.479 e. The summed E-state index contributed by atoms with van der Waals surface area (Å²) in [6, 6.07) is 2.45. The van der Waals surface area contributed by atoms with Gasteiger partial charge >= 0.3 is 17.8 Å². The second-order valence-corrected chi connectivity index (χ2v) is 10.00. The molecule has 2 fully saturated rings. The topological polar surface area (TPSA) is 158 Å². The molecule has 210 valence electrons. The van der Waals surface area contributed by atoms with Crippen LogP contribution in [0.5, 0.6) is 0 Å². The van der Waals surface area contributed by atoms with Gasteiger partial charge in [0, 0.05) is 47.4 Å². The van der Waals surface area contributed by atoms with E-state index in [1.165, 1.54) is 29.1 Å². The summed E-state index contributed by atoms with van der Waals surface area (Å²) in [5, 5.41) is 19.6. The number of amides is 1. The van der Waals surface area contributed by atoms with Crippen LogP contribution in [0.3, 0.4) is 0 Å². The molecule has 1 amide bonds. The first kappa shape index (κ1) is 21.3. The van der Waals surface area contributed by atoms with Crippen molar-refractivity contribution in [1.82, 2.24) is 34.2 Å². The van der Waals surface area contributed by atoms with Crippen molar-refractivity contribution in [2.75, 3.05) is 12.4 Å². The number of aromatic nitrogens is 6. The number of aliphatic carboxylic acids is 1. The molecule has 0 unspecified atom stereocenters. The summed E-state index contributed by atoms with van der Waals surface area (Å²) < 4.78 is 67.5. The van der Waals surface area contributed by atoms with Crippen LogP contribution in [0.25, 0.3) is 22.1 Å². The molecule has 2 aliphatic carbocycles. The summed E-state index contributed by atoms with van der Waals surface area (Å²) in [5.74, 6) is -4.32. The SMILES string of the molecule is [2H]C([2H])([2H])n1c(=O)n([C@@H]2CC[C@@]([2H])(NC(=O)OC)C2)c2cc(Nc3ccc4cnn(C5(C(=O)O)CC(F)(F)C5)c4n3)ncc21. The maximum Gasteiger partial charge on any atom is 0.407 e. The maximum absolute atomic E-state index is 13.8. The van der Waals surface area contributed by atoms with E-state index in [2.05, 4.69) is 30.4 Å².